The Morgan fingerprint density at radius 1 is 1.21 bits per heavy atom. The molecule has 2 radical (unpaired) electrons. The van der Waals surface area contributed by atoms with Crippen molar-refractivity contribution in [1.29, 1.82) is 0 Å². The average Bonchev–Trinajstić information content (AvgIpc) is 3.56. The summed E-state index contributed by atoms with van der Waals surface area (Å²) in [4.78, 5) is 45.5. The van der Waals surface area contributed by atoms with Crippen LogP contribution in [0.1, 0.15) is 19.8 Å². The molecule has 1 saturated heterocycles. The molecule has 3 N–H and O–H groups in total. The molecule has 2 fully saturated rings. The van der Waals surface area contributed by atoms with E-state index in [1.807, 2.05) is 48.5 Å². The van der Waals surface area contributed by atoms with Crippen LogP contribution >= 0.6 is 0 Å². The molecule has 1 aliphatic carbocycles. The van der Waals surface area contributed by atoms with Crippen LogP contribution in [0.3, 0.4) is 0 Å². The van der Waals surface area contributed by atoms with E-state index >= 15 is 0 Å². The van der Waals surface area contributed by atoms with Gasteiger partial charge in [-0.1, -0.05) is 48.6 Å². The highest BCUT2D eigenvalue weighted by Crippen LogP contribution is 2.45. The molecule has 1 aliphatic heterocycles. The lowest BCUT2D eigenvalue weighted by Crippen LogP contribution is -2.55. The van der Waals surface area contributed by atoms with Crippen LogP contribution in [-0.4, -0.2) is 78.1 Å². The molecule has 0 bridgehead atoms. The molecule has 1 saturated carbocycles. The third kappa shape index (κ3) is 5.72. The van der Waals surface area contributed by atoms with E-state index in [9.17, 15) is 19.5 Å². The maximum atomic E-state index is 13.6. The monoisotopic (exact) mass is 580 g/mol. The second kappa shape index (κ2) is 11.9. The summed E-state index contributed by atoms with van der Waals surface area (Å²) in [7, 11) is 7.25. The zero-order valence-corrected chi connectivity index (χ0v) is 24.1. The first-order valence-electron chi connectivity index (χ1n) is 13.9. The van der Waals surface area contributed by atoms with Gasteiger partial charge in [-0.15, -0.1) is 6.58 Å². The van der Waals surface area contributed by atoms with Crippen LogP contribution in [0.5, 0.6) is 11.5 Å². The normalized spacial score (nSPS) is 23.3. The molecule has 2 aliphatic rings. The SMILES string of the molecule is [B]NC(C(=C)C)C(=O)N1C[C@H](Oc2cc(-c3ccccc3)nc3cc(OC)ccc23)C[C@H]1C(=O)N[C@]1(C(=O)O)C[C@@H]1C=C. The number of hydrogen-bond acceptors (Lipinski definition) is 7. The van der Waals surface area contributed by atoms with Gasteiger partial charge in [0.25, 0.3) is 0 Å². The van der Waals surface area contributed by atoms with Crippen molar-refractivity contribution in [2.75, 3.05) is 13.7 Å². The maximum absolute atomic E-state index is 13.6. The van der Waals surface area contributed by atoms with Crippen molar-refractivity contribution >= 4 is 36.7 Å². The van der Waals surface area contributed by atoms with E-state index in [0.29, 0.717) is 28.3 Å². The van der Waals surface area contributed by atoms with Gasteiger partial charge in [-0.3, -0.25) is 9.59 Å². The van der Waals surface area contributed by atoms with Crippen molar-refractivity contribution in [1.82, 2.24) is 20.4 Å². The molecule has 5 atom stereocenters. The van der Waals surface area contributed by atoms with Crippen molar-refractivity contribution in [3.8, 4) is 22.8 Å². The van der Waals surface area contributed by atoms with E-state index in [-0.39, 0.29) is 19.4 Å². The molecule has 1 aromatic heterocycles. The van der Waals surface area contributed by atoms with Gasteiger partial charge < -0.3 is 30.0 Å². The van der Waals surface area contributed by atoms with Crippen molar-refractivity contribution in [2.45, 2.75) is 43.5 Å². The highest BCUT2D eigenvalue weighted by Gasteiger charge is 2.61. The summed E-state index contributed by atoms with van der Waals surface area (Å²) in [5.74, 6) is -1.44. The summed E-state index contributed by atoms with van der Waals surface area (Å²) in [6, 6.07) is 15.0. The van der Waals surface area contributed by atoms with Crippen LogP contribution in [0.25, 0.3) is 22.2 Å². The lowest BCUT2D eigenvalue weighted by Gasteiger charge is -2.29. The highest BCUT2D eigenvalue weighted by molar-refractivity contribution is 6.07. The second-order valence-corrected chi connectivity index (χ2v) is 11.0. The first kappa shape index (κ1) is 29.8. The van der Waals surface area contributed by atoms with E-state index in [2.05, 4.69) is 23.7 Å². The molecule has 10 nitrogen and oxygen atoms in total. The summed E-state index contributed by atoms with van der Waals surface area (Å²) >= 11 is 0. The Labute approximate surface area is 251 Å². The van der Waals surface area contributed by atoms with E-state index < -0.39 is 47.4 Å². The zero-order chi connectivity index (χ0) is 30.9. The van der Waals surface area contributed by atoms with Gasteiger partial charge in [0.2, 0.25) is 11.8 Å². The zero-order valence-electron chi connectivity index (χ0n) is 24.1. The summed E-state index contributed by atoms with van der Waals surface area (Å²) < 4.78 is 11.9. The predicted octanol–water partition coefficient (Wildman–Crippen LogP) is 3.02. The van der Waals surface area contributed by atoms with Gasteiger partial charge in [-0.2, -0.15) is 0 Å². The van der Waals surface area contributed by atoms with E-state index in [1.54, 1.807) is 20.1 Å². The molecule has 1 unspecified atom stereocenters. The fraction of sp³-hybridized carbons (Fsp3) is 0.312. The number of carbonyl (C=O) groups excluding carboxylic acids is 2. The van der Waals surface area contributed by atoms with Crippen LogP contribution in [0, 0.1) is 5.92 Å². The number of nitrogens with one attached hydrogen (secondary N) is 2. The smallest absolute Gasteiger partial charge is 0.330 e. The van der Waals surface area contributed by atoms with Crippen molar-refractivity contribution in [3.05, 3.63) is 79.4 Å². The molecular weight excluding hydrogens is 547 g/mol. The van der Waals surface area contributed by atoms with Crippen LogP contribution < -0.4 is 20.0 Å². The molecule has 11 heteroatoms. The summed E-state index contributed by atoms with van der Waals surface area (Å²) in [5.41, 5.74) is 1.23. The Morgan fingerprint density at radius 2 is 1.95 bits per heavy atom. The van der Waals surface area contributed by atoms with Crippen molar-refractivity contribution in [3.63, 3.8) is 0 Å². The van der Waals surface area contributed by atoms with Gasteiger partial charge >= 0.3 is 5.97 Å². The van der Waals surface area contributed by atoms with Gasteiger partial charge in [-0.05, 0) is 25.5 Å². The fourth-order valence-corrected chi connectivity index (χ4v) is 5.62. The quantitative estimate of drug-likeness (QED) is 0.233. The van der Waals surface area contributed by atoms with E-state index in [4.69, 9.17) is 22.4 Å². The molecule has 5 rings (SSSR count). The maximum Gasteiger partial charge on any atom is 0.330 e. The molecule has 2 amide bonds. The first-order chi connectivity index (χ1) is 20.6. The van der Waals surface area contributed by atoms with Crippen molar-refractivity contribution < 1.29 is 29.0 Å². The van der Waals surface area contributed by atoms with E-state index in [1.165, 1.54) is 11.0 Å². The van der Waals surface area contributed by atoms with Gasteiger partial charge in [-0.25, -0.2) is 9.78 Å². The lowest BCUT2D eigenvalue weighted by molar-refractivity contribution is -0.145. The van der Waals surface area contributed by atoms with Crippen LogP contribution in [-0.2, 0) is 14.4 Å². The number of rotatable bonds is 11. The Bertz CT molecular complexity index is 1600. The number of aromatic nitrogens is 1. The number of carboxylic acids is 1. The Balaban J connectivity index is 1.49. The molecule has 0 spiro atoms. The number of fused-ring (bicyclic) bond motifs is 1. The number of pyridine rings is 1. The summed E-state index contributed by atoms with van der Waals surface area (Å²) in [5, 5.41) is 15.7. The number of methoxy groups -OCH3 is 1. The molecule has 3 aromatic rings. The van der Waals surface area contributed by atoms with Crippen LogP contribution in [0.2, 0.25) is 0 Å². The van der Waals surface area contributed by atoms with Crippen molar-refractivity contribution in [2.24, 2.45) is 5.92 Å². The Hall–Kier alpha value is -4.64. The lowest BCUT2D eigenvalue weighted by atomic mass is 10.1. The van der Waals surface area contributed by atoms with Gasteiger partial charge in [0.05, 0.1) is 30.9 Å². The largest absolute Gasteiger partial charge is 0.497 e. The molecule has 43 heavy (non-hydrogen) atoms. The Kier molecular flexibility index (Phi) is 8.28. The number of amides is 2. The number of benzene rings is 2. The van der Waals surface area contributed by atoms with Gasteiger partial charge in [0.15, 0.2) is 7.98 Å². The van der Waals surface area contributed by atoms with Gasteiger partial charge in [0, 0.05) is 35.4 Å². The van der Waals surface area contributed by atoms with E-state index in [0.717, 1.165) is 10.9 Å². The minimum absolute atomic E-state index is 0.0635. The molecule has 220 valence electrons. The molecule has 2 aromatic carbocycles. The number of ether oxygens (including phenoxy) is 2. The summed E-state index contributed by atoms with van der Waals surface area (Å²) in [6.45, 7) is 9.25. The standard InChI is InChI=1S/C32H33BN4O6/c1-5-20-16-32(20,31(40)41)35-29(38)26-14-22(17-37(26)30(39)28(36-33)18(2)3)43-27-15-24(19-9-7-6-8-10-19)34-25-13-21(42-4)11-12-23(25)27/h5-13,15,20,22,26,28,36H,1-2,14,16-17H2,3-4H3,(H,35,38)(H,40,41)/t20-,22+,26-,28?,32+/m0/s1. The number of nitrogens with zero attached hydrogens (tertiary/aromatic N) is 2. The number of likely N-dealkylation sites (tertiary alicyclic amines) is 1. The number of carbonyl (C=O) groups is 3. The first-order valence-corrected chi connectivity index (χ1v) is 13.9. The van der Waals surface area contributed by atoms with Crippen LogP contribution in [0.15, 0.2) is 79.4 Å². The molecular formula is C32H33BN4O6. The third-order valence-electron chi connectivity index (χ3n) is 8.12. The Morgan fingerprint density at radius 3 is 2.56 bits per heavy atom. The number of carboxylic acid groups (broad SMARTS) is 1. The fourth-order valence-electron chi connectivity index (χ4n) is 5.62. The number of aliphatic carboxylic acids is 1. The minimum atomic E-state index is -1.45. The topological polar surface area (TPSA) is 130 Å². The highest BCUT2D eigenvalue weighted by atomic mass is 16.5. The van der Waals surface area contributed by atoms with Gasteiger partial charge in [0.1, 0.15) is 29.2 Å². The molecule has 2 heterocycles. The average molecular weight is 580 g/mol. The minimum Gasteiger partial charge on any atom is -0.497 e. The van der Waals surface area contributed by atoms with Crippen LogP contribution in [0.4, 0.5) is 0 Å². The second-order valence-electron chi connectivity index (χ2n) is 11.0. The number of hydrogen-bond donors (Lipinski definition) is 3. The predicted molar refractivity (Wildman–Crippen MR) is 163 cm³/mol. The summed E-state index contributed by atoms with van der Waals surface area (Å²) in [6.07, 6.45) is 1.27. The third-order valence-corrected chi connectivity index (χ3v) is 8.12.